The van der Waals surface area contributed by atoms with Gasteiger partial charge in [-0.05, 0) is 31.1 Å². The second kappa shape index (κ2) is 5.72. The summed E-state index contributed by atoms with van der Waals surface area (Å²) in [5, 5.41) is 12.6. The van der Waals surface area contributed by atoms with E-state index in [4.69, 9.17) is 0 Å². The van der Waals surface area contributed by atoms with Crippen LogP contribution >= 0.6 is 0 Å². The highest BCUT2D eigenvalue weighted by atomic mass is 16.5. The number of hydroxylamine groups is 2. The van der Waals surface area contributed by atoms with Gasteiger partial charge in [-0.15, -0.1) is 5.06 Å². The summed E-state index contributed by atoms with van der Waals surface area (Å²) < 4.78 is 0. The van der Waals surface area contributed by atoms with E-state index in [0.717, 1.165) is 31.6 Å². The van der Waals surface area contributed by atoms with Crippen LogP contribution in [0.4, 0.5) is 4.79 Å². The first-order valence-corrected chi connectivity index (χ1v) is 8.00. The van der Waals surface area contributed by atoms with Crippen molar-refractivity contribution in [2.24, 2.45) is 17.8 Å². The van der Waals surface area contributed by atoms with Crippen LogP contribution in [-0.2, 0) is 4.79 Å². The summed E-state index contributed by atoms with van der Waals surface area (Å²) in [5.74, 6) is 0.525. The van der Waals surface area contributed by atoms with Gasteiger partial charge >= 0.3 is 6.03 Å². The van der Waals surface area contributed by atoms with Crippen LogP contribution < -0.4 is 5.32 Å². The smallest absolute Gasteiger partial charge is 0.332 e. The molecule has 0 spiro atoms. The maximum absolute atomic E-state index is 12.0. The van der Waals surface area contributed by atoms with Gasteiger partial charge in [0.05, 0.1) is 5.92 Å². The van der Waals surface area contributed by atoms with Crippen LogP contribution in [0.3, 0.4) is 0 Å². The summed E-state index contributed by atoms with van der Waals surface area (Å²) >= 11 is 0. The lowest BCUT2D eigenvalue weighted by atomic mass is 9.70. The molecule has 3 fully saturated rings. The third-order valence-corrected chi connectivity index (χ3v) is 5.40. The zero-order valence-electron chi connectivity index (χ0n) is 11.9. The Kier molecular flexibility index (Phi) is 3.96. The first-order valence-electron chi connectivity index (χ1n) is 8.00. The van der Waals surface area contributed by atoms with Gasteiger partial charge in [-0.3, -0.25) is 10.0 Å². The van der Waals surface area contributed by atoms with Crippen LogP contribution in [-0.4, -0.2) is 28.3 Å². The summed E-state index contributed by atoms with van der Waals surface area (Å²) in [7, 11) is 0. The average Bonchev–Trinajstić information content (AvgIpc) is 2.47. The number of hydrogen-bond donors (Lipinski definition) is 2. The van der Waals surface area contributed by atoms with Crippen LogP contribution in [0.1, 0.15) is 57.8 Å². The molecule has 112 valence electrons. The first kappa shape index (κ1) is 13.9. The van der Waals surface area contributed by atoms with Gasteiger partial charge in [-0.2, -0.15) is 0 Å². The van der Waals surface area contributed by atoms with E-state index in [1.165, 1.54) is 32.1 Å². The van der Waals surface area contributed by atoms with Crippen LogP contribution in [0, 0.1) is 17.8 Å². The summed E-state index contributed by atoms with van der Waals surface area (Å²) in [6.07, 6.45) is 10.6. The van der Waals surface area contributed by atoms with E-state index < -0.39 is 11.9 Å². The minimum Gasteiger partial charge on any atom is -0.332 e. The first-order chi connectivity index (χ1) is 9.66. The van der Waals surface area contributed by atoms with Crippen molar-refractivity contribution in [3.05, 3.63) is 0 Å². The Morgan fingerprint density at radius 2 is 1.80 bits per heavy atom. The Balaban J connectivity index is 1.68. The molecule has 0 bridgehead atoms. The van der Waals surface area contributed by atoms with Gasteiger partial charge in [0.15, 0.2) is 0 Å². The number of urea groups is 1. The molecule has 1 heterocycles. The zero-order chi connectivity index (χ0) is 14.1. The Labute approximate surface area is 119 Å². The lowest BCUT2D eigenvalue weighted by Gasteiger charge is -2.43. The number of nitrogens with one attached hydrogen (secondary N) is 1. The van der Waals surface area contributed by atoms with Crippen LogP contribution in [0.5, 0.6) is 0 Å². The molecule has 2 N–H and O–H groups in total. The van der Waals surface area contributed by atoms with Crippen molar-refractivity contribution in [2.75, 3.05) is 0 Å². The van der Waals surface area contributed by atoms with Crippen LogP contribution in [0.25, 0.3) is 0 Å². The number of nitrogens with zero attached hydrogens (tertiary/aromatic N) is 1. The molecule has 3 aliphatic rings. The molecule has 1 aliphatic heterocycles. The van der Waals surface area contributed by atoms with Crippen molar-refractivity contribution >= 4 is 11.9 Å². The fourth-order valence-corrected chi connectivity index (χ4v) is 4.36. The Bertz CT molecular complexity index is 393. The van der Waals surface area contributed by atoms with Gasteiger partial charge in [-0.25, -0.2) is 4.79 Å². The molecular formula is C15H24N2O3. The third-order valence-electron chi connectivity index (χ3n) is 5.40. The van der Waals surface area contributed by atoms with Crippen LogP contribution in [0.2, 0.25) is 0 Å². The molecule has 1 saturated heterocycles. The molecule has 5 nitrogen and oxygen atoms in total. The normalized spacial score (nSPS) is 35.6. The average molecular weight is 280 g/mol. The zero-order valence-corrected chi connectivity index (χ0v) is 11.9. The van der Waals surface area contributed by atoms with Gasteiger partial charge < -0.3 is 5.32 Å². The van der Waals surface area contributed by atoms with E-state index in [1.807, 2.05) is 0 Å². The number of imide groups is 1. The highest BCUT2D eigenvalue weighted by molar-refractivity contribution is 5.97. The number of amides is 3. The van der Waals surface area contributed by atoms with Crippen LogP contribution in [0.15, 0.2) is 0 Å². The predicted octanol–water partition coefficient (Wildman–Crippen LogP) is 2.68. The maximum Gasteiger partial charge on any atom is 0.348 e. The van der Waals surface area contributed by atoms with E-state index in [0.29, 0.717) is 5.92 Å². The van der Waals surface area contributed by atoms with Gasteiger partial charge in [0.2, 0.25) is 0 Å². The minimum atomic E-state index is -0.646. The van der Waals surface area contributed by atoms with Crippen molar-refractivity contribution in [2.45, 2.75) is 63.8 Å². The molecule has 0 aromatic rings. The number of carbonyl (C=O) groups is 2. The fourth-order valence-electron chi connectivity index (χ4n) is 4.36. The molecule has 3 atom stereocenters. The molecule has 20 heavy (non-hydrogen) atoms. The second-order valence-corrected chi connectivity index (χ2v) is 6.66. The molecule has 0 aromatic heterocycles. The molecule has 3 unspecified atom stereocenters. The lowest BCUT2D eigenvalue weighted by molar-refractivity contribution is -0.165. The van der Waals surface area contributed by atoms with Gasteiger partial charge in [0, 0.05) is 6.04 Å². The SMILES string of the molecule is O=C1NC2C(CC3CCCCC3)CCCC2C(=O)N1O. The maximum atomic E-state index is 12.0. The van der Waals surface area contributed by atoms with Crippen molar-refractivity contribution in [1.29, 1.82) is 0 Å². The Morgan fingerprint density at radius 1 is 1.05 bits per heavy atom. The standard InChI is InChI=1S/C15H24N2O3/c18-14-12-8-4-7-11(9-10-5-2-1-3-6-10)13(12)16-15(19)17(14)20/h10-13,20H,1-9H2,(H,16,19). The topological polar surface area (TPSA) is 69.6 Å². The van der Waals surface area contributed by atoms with E-state index in [1.54, 1.807) is 0 Å². The molecule has 5 heteroatoms. The number of hydrogen-bond acceptors (Lipinski definition) is 3. The van der Waals surface area contributed by atoms with Crippen molar-refractivity contribution < 1.29 is 14.8 Å². The summed E-state index contributed by atoms with van der Waals surface area (Å²) in [6, 6.07) is -0.708. The highest BCUT2D eigenvalue weighted by Crippen LogP contribution is 2.39. The van der Waals surface area contributed by atoms with E-state index in [-0.39, 0.29) is 17.0 Å². The molecule has 0 aromatic carbocycles. The van der Waals surface area contributed by atoms with E-state index in [9.17, 15) is 14.8 Å². The fraction of sp³-hybridized carbons (Fsp3) is 0.867. The Morgan fingerprint density at radius 3 is 2.55 bits per heavy atom. The molecule has 3 rings (SSSR count). The van der Waals surface area contributed by atoms with E-state index in [2.05, 4.69) is 5.32 Å². The Hall–Kier alpha value is -1.10. The molecule has 2 saturated carbocycles. The van der Waals surface area contributed by atoms with Crippen molar-refractivity contribution in [1.82, 2.24) is 10.4 Å². The summed E-state index contributed by atoms with van der Waals surface area (Å²) in [5.41, 5.74) is 0. The monoisotopic (exact) mass is 280 g/mol. The third kappa shape index (κ3) is 2.55. The molecule has 2 aliphatic carbocycles. The molecule has 0 radical (unpaired) electrons. The summed E-state index contributed by atoms with van der Waals surface area (Å²) in [6.45, 7) is 0. The number of carbonyl (C=O) groups excluding carboxylic acids is 2. The molecular weight excluding hydrogens is 256 g/mol. The second-order valence-electron chi connectivity index (χ2n) is 6.66. The lowest BCUT2D eigenvalue weighted by Crippen LogP contribution is -2.62. The number of rotatable bonds is 2. The van der Waals surface area contributed by atoms with Gasteiger partial charge in [-0.1, -0.05) is 38.5 Å². The van der Waals surface area contributed by atoms with Crippen molar-refractivity contribution in [3.63, 3.8) is 0 Å². The number of fused-ring (bicyclic) bond motifs is 1. The van der Waals surface area contributed by atoms with Crippen molar-refractivity contribution in [3.8, 4) is 0 Å². The predicted molar refractivity (Wildman–Crippen MR) is 73.0 cm³/mol. The highest BCUT2D eigenvalue weighted by Gasteiger charge is 2.46. The molecule has 3 amide bonds. The largest absolute Gasteiger partial charge is 0.348 e. The van der Waals surface area contributed by atoms with Gasteiger partial charge in [0.25, 0.3) is 5.91 Å². The summed E-state index contributed by atoms with van der Waals surface area (Å²) in [4.78, 5) is 23.7. The van der Waals surface area contributed by atoms with Gasteiger partial charge in [0.1, 0.15) is 0 Å². The minimum absolute atomic E-state index is 0.0610. The van der Waals surface area contributed by atoms with E-state index >= 15 is 0 Å². The quantitative estimate of drug-likeness (QED) is 0.764.